The average molecular weight is 337 g/mol. The molecular formula is C15H13ClN2O3S. The molecule has 2 heterocycles. The van der Waals surface area contributed by atoms with Gasteiger partial charge in [-0.1, -0.05) is 29.8 Å². The molecule has 0 aliphatic rings. The number of halogens is 1. The van der Waals surface area contributed by atoms with Crippen molar-refractivity contribution in [3.8, 4) is 0 Å². The zero-order chi connectivity index (χ0) is 15.9. The molecule has 7 heteroatoms. The summed E-state index contributed by atoms with van der Waals surface area (Å²) >= 11 is 6.11. The van der Waals surface area contributed by atoms with E-state index < -0.39 is 16.1 Å². The van der Waals surface area contributed by atoms with E-state index in [-0.39, 0.29) is 16.2 Å². The van der Waals surface area contributed by atoms with Gasteiger partial charge in [-0.3, -0.25) is 0 Å². The third-order valence-corrected chi connectivity index (χ3v) is 5.41. The number of hydrogen-bond acceptors (Lipinski definition) is 4. The van der Waals surface area contributed by atoms with Crippen LogP contribution in [0.4, 0.5) is 0 Å². The predicted molar refractivity (Wildman–Crippen MR) is 84.4 cm³/mol. The normalized spacial score (nSPS) is 13.4. The molecule has 2 aromatic heterocycles. The number of aromatic nitrogens is 2. The van der Waals surface area contributed by atoms with Crippen LogP contribution in [0.1, 0.15) is 18.7 Å². The topological polar surface area (TPSA) is 72.2 Å². The van der Waals surface area contributed by atoms with Crippen LogP contribution in [0.2, 0.25) is 5.02 Å². The van der Waals surface area contributed by atoms with Crippen LogP contribution in [0.3, 0.4) is 0 Å². The molecule has 0 aliphatic heterocycles. The zero-order valence-electron chi connectivity index (χ0n) is 11.6. The molecule has 0 saturated carbocycles. The van der Waals surface area contributed by atoms with E-state index in [9.17, 15) is 13.5 Å². The van der Waals surface area contributed by atoms with E-state index in [4.69, 9.17) is 11.6 Å². The standard InChI is InChI=1S/C15H13ClN2O3S/c1-10(19)14-9-12-13(16)7-8-17-15(12)18(14)22(20,21)11-5-3-2-4-6-11/h2-10,19H,1H3. The van der Waals surface area contributed by atoms with Gasteiger partial charge in [-0.05, 0) is 31.2 Å². The third-order valence-electron chi connectivity index (χ3n) is 3.34. The Morgan fingerprint density at radius 3 is 2.55 bits per heavy atom. The van der Waals surface area contributed by atoms with Gasteiger partial charge in [0.25, 0.3) is 10.0 Å². The highest BCUT2D eigenvalue weighted by Crippen LogP contribution is 2.31. The number of fused-ring (bicyclic) bond motifs is 1. The van der Waals surface area contributed by atoms with Crippen molar-refractivity contribution in [1.82, 2.24) is 8.96 Å². The molecular weight excluding hydrogens is 324 g/mol. The van der Waals surface area contributed by atoms with Crippen LogP contribution in [0.5, 0.6) is 0 Å². The molecule has 5 nitrogen and oxygen atoms in total. The van der Waals surface area contributed by atoms with Gasteiger partial charge < -0.3 is 5.11 Å². The minimum atomic E-state index is -3.88. The number of pyridine rings is 1. The molecule has 0 bridgehead atoms. The molecule has 114 valence electrons. The van der Waals surface area contributed by atoms with Gasteiger partial charge in [-0.25, -0.2) is 17.4 Å². The van der Waals surface area contributed by atoms with Crippen LogP contribution >= 0.6 is 11.6 Å². The van der Waals surface area contributed by atoms with Crippen molar-refractivity contribution < 1.29 is 13.5 Å². The summed E-state index contributed by atoms with van der Waals surface area (Å²) < 4.78 is 26.9. The largest absolute Gasteiger partial charge is 0.387 e. The first-order chi connectivity index (χ1) is 10.4. The Hall–Kier alpha value is -1.89. The maximum Gasteiger partial charge on any atom is 0.269 e. The highest BCUT2D eigenvalue weighted by atomic mass is 35.5. The number of benzene rings is 1. The Labute approximate surface area is 132 Å². The highest BCUT2D eigenvalue weighted by molar-refractivity contribution is 7.90. The molecule has 0 amide bonds. The molecule has 1 atom stereocenters. The Morgan fingerprint density at radius 2 is 1.91 bits per heavy atom. The summed E-state index contributed by atoms with van der Waals surface area (Å²) in [5.41, 5.74) is 0.423. The summed E-state index contributed by atoms with van der Waals surface area (Å²) in [6, 6.07) is 11.1. The first-order valence-corrected chi connectivity index (χ1v) is 8.39. The van der Waals surface area contributed by atoms with Gasteiger partial charge in [0.15, 0.2) is 5.65 Å². The first kappa shape index (κ1) is 15.0. The number of aliphatic hydroxyl groups excluding tert-OH is 1. The van der Waals surface area contributed by atoms with E-state index in [1.165, 1.54) is 25.3 Å². The van der Waals surface area contributed by atoms with Gasteiger partial charge in [0.05, 0.1) is 21.7 Å². The van der Waals surface area contributed by atoms with Crippen LogP contribution in [0.25, 0.3) is 11.0 Å². The van der Waals surface area contributed by atoms with E-state index in [0.717, 1.165) is 3.97 Å². The maximum atomic E-state index is 12.9. The van der Waals surface area contributed by atoms with Gasteiger partial charge in [0.1, 0.15) is 0 Å². The van der Waals surface area contributed by atoms with Crippen molar-refractivity contribution in [1.29, 1.82) is 0 Å². The molecule has 3 rings (SSSR count). The van der Waals surface area contributed by atoms with Crippen molar-refractivity contribution >= 4 is 32.7 Å². The zero-order valence-corrected chi connectivity index (χ0v) is 13.2. The summed E-state index contributed by atoms with van der Waals surface area (Å²) in [5, 5.41) is 10.8. The quantitative estimate of drug-likeness (QED) is 0.798. The molecule has 3 aromatic rings. The summed E-state index contributed by atoms with van der Waals surface area (Å²) in [5.74, 6) is 0. The molecule has 1 N–H and O–H groups in total. The second kappa shape index (κ2) is 5.39. The van der Waals surface area contributed by atoms with Gasteiger partial charge in [-0.15, -0.1) is 0 Å². The molecule has 1 unspecified atom stereocenters. The van der Waals surface area contributed by atoms with Crippen LogP contribution in [-0.2, 0) is 10.0 Å². The molecule has 22 heavy (non-hydrogen) atoms. The summed E-state index contributed by atoms with van der Waals surface area (Å²) in [7, 11) is -3.88. The average Bonchev–Trinajstić information content (AvgIpc) is 2.90. The Balaban J connectivity index is 2.40. The fourth-order valence-electron chi connectivity index (χ4n) is 2.30. The van der Waals surface area contributed by atoms with E-state index in [1.807, 2.05) is 0 Å². The summed E-state index contributed by atoms with van der Waals surface area (Å²) in [6.07, 6.45) is 0.455. The highest BCUT2D eigenvalue weighted by Gasteiger charge is 2.26. The summed E-state index contributed by atoms with van der Waals surface area (Å²) in [6.45, 7) is 1.50. The van der Waals surface area contributed by atoms with Crippen molar-refractivity contribution in [2.45, 2.75) is 17.9 Å². The van der Waals surface area contributed by atoms with Gasteiger partial charge in [-0.2, -0.15) is 0 Å². The van der Waals surface area contributed by atoms with Crippen LogP contribution in [0, 0.1) is 0 Å². The lowest BCUT2D eigenvalue weighted by Gasteiger charge is -2.12. The predicted octanol–water partition coefficient (Wildman–Crippen LogP) is 2.98. The molecule has 0 spiro atoms. The van der Waals surface area contributed by atoms with Gasteiger partial charge in [0, 0.05) is 11.6 Å². The molecule has 0 saturated heterocycles. The molecule has 1 aromatic carbocycles. The lowest BCUT2D eigenvalue weighted by atomic mass is 10.2. The third kappa shape index (κ3) is 2.29. The maximum absolute atomic E-state index is 12.9. The summed E-state index contributed by atoms with van der Waals surface area (Å²) in [4.78, 5) is 4.25. The van der Waals surface area contributed by atoms with Crippen molar-refractivity contribution in [2.24, 2.45) is 0 Å². The molecule has 0 fully saturated rings. The Morgan fingerprint density at radius 1 is 1.23 bits per heavy atom. The Bertz CT molecular complexity index is 934. The van der Waals surface area contributed by atoms with Crippen molar-refractivity contribution in [3.63, 3.8) is 0 Å². The fourth-order valence-corrected chi connectivity index (χ4v) is 4.07. The van der Waals surface area contributed by atoms with Gasteiger partial charge in [0.2, 0.25) is 0 Å². The second-order valence-corrected chi connectivity index (χ2v) is 7.05. The Kier molecular flexibility index (Phi) is 3.68. The first-order valence-electron chi connectivity index (χ1n) is 6.57. The second-order valence-electron chi connectivity index (χ2n) is 4.86. The van der Waals surface area contributed by atoms with Crippen LogP contribution in [-0.4, -0.2) is 22.5 Å². The smallest absolute Gasteiger partial charge is 0.269 e. The number of nitrogens with zero attached hydrogens (tertiary/aromatic N) is 2. The SMILES string of the molecule is CC(O)c1cc2c(Cl)ccnc2n1S(=O)(=O)c1ccccc1. The molecule has 0 radical (unpaired) electrons. The van der Waals surface area contributed by atoms with E-state index >= 15 is 0 Å². The van der Waals surface area contributed by atoms with E-state index in [2.05, 4.69) is 4.98 Å². The van der Waals surface area contributed by atoms with Crippen LogP contribution < -0.4 is 0 Å². The van der Waals surface area contributed by atoms with Crippen molar-refractivity contribution in [3.05, 3.63) is 59.4 Å². The number of hydrogen-bond donors (Lipinski definition) is 1. The minimum Gasteiger partial charge on any atom is -0.387 e. The molecule has 0 aliphatic carbocycles. The van der Waals surface area contributed by atoms with Crippen molar-refractivity contribution in [2.75, 3.05) is 0 Å². The van der Waals surface area contributed by atoms with Crippen LogP contribution in [0.15, 0.2) is 53.6 Å². The number of aliphatic hydroxyl groups is 1. The monoisotopic (exact) mass is 336 g/mol. The van der Waals surface area contributed by atoms with E-state index in [1.54, 1.807) is 30.3 Å². The van der Waals surface area contributed by atoms with E-state index in [0.29, 0.717) is 10.4 Å². The fraction of sp³-hybridized carbons (Fsp3) is 0.133. The van der Waals surface area contributed by atoms with Gasteiger partial charge >= 0.3 is 0 Å². The number of rotatable bonds is 3. The minimum absolute atomic E-state index is 0.121. The lowest BCUT2D eigenvalue weighted by Crippen LogP contribution is -2.17. The lowest BCUT2D eigenvalue weighted by molar-refractivity contribution is 0.193.